The Morgan fingerprint density at radius 1 is 1.00 bits per heavy atom. The molecule has 1 nitrogen and oxygen atoms in total. The molecule has 0 radical (unpaired) electrons. The van der Waals surface area contributed by atoms with Crippen molar-refractivity contribution in [3.8, 4) is 0 Å². The standard InChI is InChI=1S/C11H20O/c1-2-10(5-3-6-10)11(9-12)7-4-8-11/h12H,2-9H2,1H3. The van der Waals surface area contributed by atoms with Gasteiger partial charge < -0.3 is 5.11 Å². The van der Waals surface area contributed by atoms with E-state index < -0.39 is 0 Å². The highest BCUT2D eigenvalue weighted by atomic mass is 16.3. The SMILES string of the molecule is CCC1(C2(CO)CCC2)CCC1. The van der Waals surface area contributed by atoms with Crippen LogP contribution < -0.4 is 0 Å². The van der Waals surface area contributed by atoms with E-state index in [1.54, 1.807) is 0 Å². The zero-order chi connectivity index (χ0) is 8.66. The van der Waals surface area contributed by atoms with E-state index in [0.29, 0.717) is 17.4 Å². The van der Waals surface area contributed by atoms with Crippen LogP contribution in [0.3, 0.4) is 0 Å². The van der Waals surface area contributed by atoms with Gasteiger partial charge in [0.25, 0.3) is 0 Å². The maximum absolute atomic E-state index is 9.47. The lowest BCUT2D eigenvalue weighted by atomic mass is 9.45. The molecular weight excluding hydrogens is 148 g/mol. The van der Waals surface area contributed by atoms with Crippen molar-refractivity contribution in [3.63, 3.8) is 0 Å². The summed E-state index contributed by atoms with van der Waals surface area (Å²) in [5.74, 6) is 0. The summed E-state index contributed by atoms with van der Waals surface area (Å²) < 4.78 is 0. The zero-order valence-electron chi connectivity index (χ0n) is 8.10. The fourth-order valence-electron chi connectivity index (χ4n) is 3.32. The summed E-state index contributed by atoms with van der Waals surface area (Å²) in [4.78, 5) is 0. The Kier molecular flexibility index (Phi) is 1.95. The van der Waals surface area contributed by atoms with Gasteiger partial charge in [0.2, 0.25) is 0 Å². The van der Waals surface area contributed by atoms with E-state index in [2.05, 4.69) is 6.92 Å². The molecule has 1 N–H and O–H groups in total. The molecule has 2 rings (SSSR count). The number of aliphatic hydroxyl groups excluding tert-OH is 1. The van der Waals surface area contributed by atoms with E-state index >= 15 is 0 Å². The average molecular weight is 168 g/mol. The third-order valence-electron chi connectivity index (χ3n) is 4.73. The summed E-state index contributed by atoms with van der Waals surface area (Å²) in [5.41, 5.74) is 0.917. The van der Waals surface area contributed by atoms with Crippen LogP contribution in [0.5, 0.6) is 0 Å². The molecule has 2 saturated carbocycles. The van der Waals surface area contributed by atoms with Crippen molar-refractivity contribution >= 4 is 0 Å². The van der Waals surface area contributed by atoms with E-state index in [9.17, 15) is 5.11 Å². The minimum atomic E-state index is 0.361. The lowest BCUT2D eigenvalue weighted by molar-refractivity contribution is -0.129. The highest BCUT2D eigenvalue weighted by molar-refractivity contribution is 5.05. The Hall–Kier alpha value is -0.0400. The monoisotopic (exact) mass is 168 g/mol. The molecule has 0 saturated heterocycles. The first kappa shape index (κ1) is 8.55. The van der Waals surface area contributed by atoms with Crippen LogP contribution in [0.2, 0.25) is 0 Å². The Labute approximate surface area is 75.2 Å². The number of hydrogen-bond acceptors (Lipinski definition) is 1. The van der Waals surface area contributed by atoms with Crippen LogP contribution in [0.4, 0.5) is 0 Å². The highest BCUT2D eigenvalue weighted by Gasteiger charge is 2.55. The summed E-state index contributed by atoms with van der Waals surface area (Å²) in [6.07, 6.45) is 9.37. The van der Waals surface area contributed by atoms with Crippen LogP contribution in [-0.2, 0) is 0 Å². The molecule has 0 aromatic rings. The molecule has 2 aliphatic rings. The first-order valence-corrected chi connectivity index (χ1v) is 5.39. The van der Waals surface area contributed by atoms with Gasteiger partial charge in [-0.25, -0.2) is 0 Å². The number of aliphatic hydroxyl groups is 1. The molecule has 0 bridgehead atoms. The molecule has 0 atom stereocenters. The second-order valence-electron chi connectivity index (χ2n) is 4.78. The lowest BCUT2D eigenvalue weighted by Gasteiger charge is -2.60. The van der Waals surface area contributed by atoms with Crippen molar-refractivity contribution in [2.24, 2.45) is 10.8 Å². The van der Waals surface area contributed by atoms with Crippen LogP contribution >= 0.6 is 0 Å². The highest BCUT2D eigenvalue weighted by Crippen LogP contribution is 2.64. The van der Waals surface area contributed by atoms with Gasteiger partial charge in [-0.2, -0.15) is 0 Å². The molecule has 0 unspecified atom stereocenters. The molecule has 0 aromatic carbocycles. The molecule has 12 heavy (non-hydrogen) atoms. The van der Waals surface area contributed by atoms with Gasteiger partial charge in [0, 0.05) is 6.61 Å². The van der Waals surface area contributed by atoms with E-state index in [1.165, 1.54) is 44.9 Å². The largest absolute Gasteiger partial charge is 0.396 e. The second-order valence-corrected chi connectivity index (χ2v) is 4.78. The average Bonchev–Trinajstić information content (AvgIpc) is 1.92. The summed E-state index contributed by atoms with van der Waals surface area (Å²) >= 11 is 0. The molecule has 1 heteroatoms. The van der Waals surface area contributed by atoms with Gasteiger partial charge in [-0.3, -0.25) is 0 Å². The van der Waals surface area contributed by atoms with Gasteiger partial charge in [-0.1, -0.05) is 19.8 Å². The lowest BCUT2D eigenvalue weighted by Crippen LogP contribution is -2.52. The topological polar surface area (TPSA) is 20.2 Å². The molecule has 0 heterocycles. The maximum Gasteiger partial charge on any atom is 0.0492 e. The van der Waals surface area contributed by atoms with Crippen LogP contribution in [0, 0.1) is 10.8 Å². The molecule has 70 valence electrons. The molecule has 2 fully saturated rings. The minimum absolute atomic E-state index is 0.361. The Bertz CT molecular complexity index is 135. The maximum atomic E-state index is 9.47. The Morgan fingerprint density at radius 3 is 1.58 bits per heavy atom. The molecule has 0 aliphatic heterocycles. The first-order valence-electron chi connectivity index (χ1n) is 5.39. The zero-order valence-corrected chi connectivity index (χ0v) is 8.10. The number of hydrogen-bond donors (Lipinski definition) is 1. The molecule has 0 amide bonds. The molecule has 0 aromatic heterocycles. The van der Waals surface area contributed by atoms with Crippen molar-refractivity contribution in [1.82, 2.24) is 0 Å². The van der Waals surface area contributed by atoms with Gasteiger partial charge in [0.15, 0.2) is 0 Å². The van der Waals surface area contributed by atoms with Gasteiger partial charge in [0.1, 0.15) is 0 Å². The summed E-state index contributed by atoms with van der Waals surface area (Å²) in [7, 11) is 0. The third kappa shape index (κ3) is 0.834. The van der Waals surface area contributed by atoms with Crippen LogP contribution in [0.1, 0.15) is 51.9 Å². The van der Waals surface area contributed by atoms with E-state index in [-0.39, 0.29) is 0 Å². The normalized spacial score (nSPS) is 30.5. The second kappa shape index (κ2) is 2.73. The minimum Gasteiger partial charge on any atom is -0.396 e. The van der Waals surface area contributed by atoms with E-state index in [1.807, 2.05) is 0 Å². The van der Waals surface area contributed by atoms with Crippen LogP contribution in [0.25, 0.3) is 0 Å². The predicted octanol–water partition coefficient (Wildman–Crippen LogP) is 2.73. The van der Waals surface area contributed by atoms with Gasteiger partial charge in [-0.15, -0.1) is 0 Å². The molecular formula is C11H20O. The fourth-order valence-corrected chi connectivity index (χ4v) is 3.32. The first-order chi connectivity index (χ1) is 5.79. The van der Waals surface area contributed by atoms with Crippen molar-refractivity contribution in [3.05, 3.63) is 0 Å². The fraction of sp³-hybridized carbons (Fsp3) is 1.00. The smallest absolute Gasteiger partial charge is 0.0492 e. The Morgan fingerprint density at radius 2 is 1.50 bits per heavy atom. The predicted molar refractivity (Wildman–Crippen MR) is 49.9 cm³/mol. The van der Waals surface area contributed by atoms with Gasteiger partial charge >= 0.3 is 0 Å². The van der Waals surface area contributed by atoms with Gasteiger partial charge in [0.05, 0.1) is 0 Å². The van der Waals surface area contributed by atoms with Crippen LogP contribution in [0.15, 0.2) is 0 Å². The van der Waals surface area contributed by atoms with Crippen molar-refractivity contribution < 1.29 is 5.11 Å². The van der Waals surface area contributed by atoms with Crippen molar-refractivity contribution in [2.75, 3.05) is 6.61 Å². The summed E-state index contributed by atoms with van der Waals surface area (Å²) in [6.45, 7) is 2.75. The summed E-state index contributed by atoms with van der Waals surface area (Å²) in [5, 5.41) is 9.47. The van der Waals surface area contributed by atoms with Crippen molar-refractivity contribution in [1.29, 1.82) is 0 Å². The number of rotatable bonds is 3. The van der Waals surface area contributed by atoms with Crippen molar-refractivity contribution in [2.45, 2.75) is 51.9 Å². The van der Waals surface area contributed by atoms with Gasteiger partial charge in [-0.05, 0) is 42.9 Å². The van der Waals surface area contributed by atoms with E-state index in [0.717, 1.165) is 0 Å². The third-order valence-corrected chi connectivity index (χ3v) is 4.73. The summed E-state index contributed by atoms with van der Waals surface area (Å²) in [6, 6.07) is 0. The molecule has 2 aliphatic carbocycles. The van der Waals surface area contributed by atoms with E-state index in [4.69, 9.17) is 0 Å². The molecule has 0 spiro atoms. The van der Waals surface area contributed by atoms with Crippen LogP contribution in [-0.4, -0.2) is 11.7 Å². The quantitative estimate of drug-likeness (QED) is 0.687. The Balaban J connectivity index is 2.13.